The molecule has 0 radical (unpaired) electrons. The van der Waals surface area contributed by atoms with Crippen molar-refractivity contribution >= 4 is 27.5 Å². The number of amides is 1. The fourth-order valence-corrected chi connectivity index (χ4v) is 5.81. The Hall–Kier alpha value is -1.93. The van der Waals surface area contributed by atoms with Gasteiger partial charge in [0, 0.05) is 26.2 Å². The van der Waals surface area contributed by atoms with Crippen LogP contribution < -0.4 is 5.32 Å². The monoisotopic (exact) mass is 447 g/mol. The molecule has 0 aromatic heterocycles. The first-order valence-corrected chi connectivity index (χ1v) is 12.0. The lowest BCUT2D eigenvalue weighted by Crippen LogP contribution is -2.47. The Morgan fingerprint density at radius 1 is 1.10 bits per heavy atom. The molecule has 1 amide bonds. The first-order valence-electron chi connectivity index (χ1n) is 10.2. The molecule has 1 fully saturated rings. The molecule has 160 valence electrons. The average molecular weight is 448 g/mol. The molecule has 1 saturated heterocycles. The molecule has 0 spiro atoms. The molecule has 30 heavy (non-hydrogen) atoms. The van der Waals surface area contributed by atoms with Crippen molar-refractivity contribution in [3.05, 3.63) is 64.2 Å². The lowest BCUT2D eigenvalue weighted by Gasteiger charge is -2.31. The lowest BCUT2D eigenvalue weighted by atomic mass is 9.87. The molecular formula is C22H26ClN3O3S. The highest BCUT2D eigenvalue weighted by Crippen LogP contribution is 2.30. The summed E-state index contributed by atoms with van der Waals surface area (Å²) in [5.74, 6) is -0.350. The van der Waals surface area contributed by atoms with Gasteiger partial charge in [-0.2, -0.15) is 4.31 Å². The number of nitrogens with zero attached hydrogens (tertiary/aromatic N) is 2. The van der Waals surface area contributed by atoms with Gasteiger partial charge in [0.2, 0.25) is 10.0 Å². The number of fused-ring (bicyclic) bond motifs is 1. The standard InChI is InChI=1S/C22H26ClN3O3S/c1-25-11-13-26(14-12-25)30(28,29)17-9-10-20(23)19(15-17)22(27)24-21-8-4-6-16-5-2-3-7-18(16)21/h2-3,5,7,9-10,15,21H,4,6,8,11-14H2,1H3,(H,24,27)/t21-/m0/s1. The van der Waals surface area contributed by atoms with Gasteiger partial charge in [0.05, 0.1) is 21.5 Å². The second-order valence-electron chi connectivity index (χ2n) is 7.97. The number of hydrogen-bond acceptors (Lipinski definition) is 4. The van der Waals surface area contributed by atoms with Crippen LogP contribution >= 0.6 is 11.6 Å². The molecule has 1 atom stereocenters. The third-order valence-corrected chi connectivity index (χ3v) is 8.18. The molecule has 1 aliphatic carbocycles. The second-order valence-corrected chi connectivity index (χ2v) is 10.3. The summed E-state index contributed by atoms with van der Waals surface area (Å²) in [6.07, 6.45) is 2.84. The van der Waals surface area contributed by atoms with Crippen LogP contribution in [0, 0.1) is 0 Å². The van der Waals surface area contributed by atoms with Crippen molar-refractivity contribution in [1.82, 2.24) is 14.5 Å². The Morgan fingerprint density at radius 3 is 2.60 bits per heavy atom. The summed E-state index contributed by atoms with van der Waals surface area (Å²) in [7, 11) is -1.70. The highest BCUT2D eigenvalue weighted by atomic mass is 35.5. The van der Waals surface area contributed by atoms with E-state index in [1.807, 2.05) is 25.2 Å². The third-order valence-electron chi connectivity index (χ3n) is 5.96. The maximum Gasteiger partial charge on any atom is 0.253 e. The topological polar surface area (TPSA) is 69.7 Å². The molecule has 1 aliphatic heterocycles. The van der Waals surface area contributed by atoms with Gasteiger partial charge in [-0.25, -0.2) is 8.42 Å². The summed E-state index contributed by atoms with van der Waals surface area (Å²) in [6, 6.07) is 12.4. The molecule has 4 rings (SSSR count). The van der Waals surface area contributed by atoms with E-state index in [2.05, 4.69) is 16.3 Å². The van der Waals surface area contributed by atoms with Crippen molar-refractivity contribution in [3.8, 4) is 0 Å². The number of piperazine rings is 1. The molecule has 2 aromatic rings. The number of likely N-dealkylation sites (N-methyl/N-ethyl adjacent to an activating group) is 1. The van der Waals surface area contributed by atoms with E-state index in [9.17, 15) is 13.2 Å². The van der Waals surface area contributed by atoms with Crippen LogP contribution in [0.25, 0.3) is 0 Å². The number of nitrogens with one attached hydrogen (secondary N) is 1. The number of hydrogen-bond donors (Lipinski definition) is 1. The molecule has 1 N–H and O–H groups in total. The van der Waals surface area contributed by atoms with Crippen LogP contribution in [0.2, 0.25) is 5.02 Å². The zero-order valence-electron chi connectivity index (χ0n) is 17.0. The number of sulfonamides is 1. The van der Waals surface area contributed by atoms with Crippen LogP contribution in [0.1, 0.15) is 40.4 Å². The molecule has 2 aliphatic rings. The minimum Gasteiger partial charge on any atom is -0.345 e. The Balaban J connectivity index is 1.57. The zero-order valence-corrected chi connectivity index (χ0v) is 18.5. The van der Waals surface area contributed by atoms with Gasteiger partial charge in [0.15, 0.2) is 0 Å². The third kappa shape index (κ3) is 4.25. The fraction of sp³-hybridized carbons (Fsp3) is 0.409. The van der Waals surface area contributed by atoms with Crippen LogP contribution in [0.3, 0.4) is 0 Å². The van der Waals surface area contributed by atoms with E-state index in [4.69, 9.17) is 11.6 Å². The van der Waals surface area contributed by atoms with Crippen molar-refractivity contribution in [2.45, 2.75) is 30.2 Å². The number of aryl methyl sites for hydroxylation is 1. The number of carbonyl (C=O) groups is 1. The Morgan fingerprint density at radius 2 is 1.83 bits per heavy atom. The number of halogens is 1. The maximum atomic E-state index is 13.1. The summed E-state index contributed by atoms with van der Waals surface area (Å²) in [4.78, 5) is 15.2. The predicted molar refractivity (Wildman–Crippen MR) is 117 cm³/mol. The highest BCUT2D eigenvalue weighted by molar-refractivity contribution is 7.89. The molecule has 0 unspecified atom stereocenters. The van der Waals surface area contributed by atoms with Gasteiger partial charge >= 0.3 is 0 Å². The lowest BCUT2D eigenvalue weighted by molar-refractivity contribution is 0.0932. The van der Waals surface area contributed by atoms with Gasteiger partial charge in [-0.15, -0.1) is 0 Å². The van der Waals surface area contributed by atoms with E-state index < -0.39 is 10.0 Å². The van der Waals surface area contributed by atoms with E-state index >= 15 is 0 Å². The zero-order chi connectivity index (χ0) is 21.3. The summed E-state index contributed by atoms with van der Waals surface area (Å²) < 4.78 is 27.6. The fourth-order valence-electron chi connectivity index (χ4n) is 4.16. The van der Waals surface area contributed by atoms with Crippen molar-refractivity contribution < 1.29 is 13.2 Å². The van der Waals surface area contributed by atoms with Gasteiger partial charge in [0.1, 0.15) is 0 Å². The molecule has 6 nitrogen and oxygen atoms in total. The molecule has 0 saturated carbocycles. The van der Waals surface area contributed by atoms with Crippen LogP contribution in [-0.4, -0.2) is 56.8 Å². The van der Waals surface area contributed by atoms with Crippen LogP contribution in [0.15, 0.2) is 47.4 Å². The van der Waals surface area contributed by atoms with Crippen LogP contribution in [-0.2, 0) is 16.4 Å². The Bertz CT molecular complexity index is 1050. The average Bonchev–Trinajstić information content (AvgIpc) is 2.74. The maximum absolute atomic E-state index is 13.1. The SMILES string of the molecule is CN1CCN(S(=O)(=O)c2ccc(Cl)c(C(=O)N[C@H]3CCCc4ccccc43)c2)CC1. The van der Waals surface area contributed by atoms with Crippen molar-refractivity contribution in [2.24, 2.45) is 0 Å². The molecular weight excluding hydrogens is 422 g/mol. The molecule has 0 bridgehead atoms. The van der Waals surface area contributed by atoms with Gasteiger partial charge in [-0.05, 0) is 55.6 Å². The van der Waals surface area contributed by atoms with Gasteiger partial charge in [-0.3, -0.25) is 4.79 Å². The first kappa shape index (κ1) is 21.3. The summed E-state index contributed by atoms with van der Waals surface area (Å²) in [5.41, 5.74) is 2.55. The smallest absolute Gasteiger partial charge is 0.253 e. The van der Waals surface area contributed by atoms with E-state index in [0.29, 0.717) is 26.2 Å². The van der Waals surface area contributed by atoms with Crippen molar-refractivity contribution in [2.75, 3.05) is 33.2 Å². The minimum atomic E-state index is -3.67. The first-order chi connectivity index (χ1) is 14.4. The van der Waals surface area contributed by atoms with Gasteiger partial charge < -0.3 is 10.2 Å². The summed E-state index contributed by atoms with van der Waals surface area (Å²) in [5, 5.41) is 3.30. The largest absolute Gasteiger partial charge is 0.345 e. The van der Waals surface area contributed by atoms with Crippen LogP contribution in [0.5, 0.6) is 0 Å². The van der Waals surface area contributed by atoms with Crippen molar-refractivity contribution in [3.63, 3.8) is 0 Å². The summed E-state index contributed by atoms with van der Waals surface area (Å²) >= 11 is 6.29. The minimum absolute atomic E-state index is 0.101. The summed E-state index contributed by atoms with van der Waals surface area (Å²) in [6.45, 7) is 2.23. The van der Waals surface area contributed by atoms with Crippen LogP contribution in [0.4, 0.5) is 0 Å². The normalized spacial score (nSPS) is 20.5. The van der Waals surface area contributed by atoms with E-state index in [1.54, 1.807) is 0 Å². The van der Waals surface area contributed by atoms with E-state index in [-0.39, 0.29) is 27.4 Å². The number of rotatable bonds is 4. The van der Waals surface area contributed by atoms with E-state index in [1.165, 1.54) is 28.1 Å². The quantitative estimate of drug-likeness (QED) is 0.781. The second kappa shape index (κ2) is 8.67. The van der Waals surface area contributed by atoms with Crippen molar-refractivity contribution in [1.29, 1.82) is 0 Å². The van der Waals surface area contributed by atoms with E-state index in [0.717, 1.165) is 24.8 Å². The Labute approximate surface area is 182 Å². The molecule has 1 heterocycles. The molecule has 8 heteroatoms. The van der Waals surface area contributed by atoms with Gasteiger partial charge in [-0.1, -0.05) is 35.9 Å². The number of carbonyl (C=O) groups excluding carboxylic acids is 1. The van der Waals surface area contributed by atoms with Gasteiger partial charge in [0.25, 0.3) is 5.91 Å². The predicted octanol–water partition coefficient (Wildman–Crippen LogP) is 3.08. The highest BCUT2D eigenvalue weighted by Gasteiger charge is 2.29. The molecule has 2 aromatic carbocycles. The Kier molecular flexibility index (Phi) is 6.16. The number of benzene rings is 2.